The van der Waals surface area contributed by atoms with Gasteiger partial charge in [-0.15, -0.1) is 0 Å². The minimum absolute atomic E-state index is 0.275. The fraction of sp³-hybridized carbons (Fsp3) is 0.304. The van der Waals surface area contributed by atoms with Crippen molar-refractivity contribution in [1.29, 1.82) is 0 Å². The summed E-state index contributed by atoms with van der Waals surface area (Å²) in [5.41, 5.74) is 4.89. The number of hydrogen-bond acceptors (Lipinski definition) is 4. The first-order chi connectivity index (χ1) is 14.4. The Morgan fingerprint density at radius 1 is 1.00 bits per heavy atom. The van der Waals surface area contributed by atoms with Gasteiger partial charge in [0.25, 0.3) is 5.91 Å². The van der Waals surface area contributed by atoms with Crippen LogP contribution < -0.4 is 11.2 Å². The van der Waals surface area contributed by atoms with E-state index in [1.165, 1.54) is 11.1 Å². The fourth-order valence-corrected chi connectivity index (χ4v) is 3.63. The Morgan fingerprint density at radius 2 is 1.60 bits per heavy atom. The molecular formula is C23H27N3O4. The van der Waals surface area contributed by atoms with Crippen molar-refractivity contribution in [2.24, 2.45) is 5.92 Å². The molecule has 0 bridgehead atoms. The van der Waals surface area contributed by atoms with Gasteiger partial charge in [-0.25, -0.2) is 10.3 Å². The number of aromatic hydroxyl groups is 1. The number of H-pyrrole nitrogens is 1. The molecule has 0 aliphatic heterocycles. The molecule has 3 rings (SSSR count). The van der Waals surface area contributed by atoms with E-state index in [1.54, 1.807) is 19.3 Å². The highest BCUT2D eigenvalue weighted by molar-refractivity contribution is 5.79. The van der Waals surface area contributed by atoms with Crippen molar-refractivity contribution in [2.45, 2.75) is 39.2 Å². The molecule has 0 aliphatic rings. The molecule has 1 amide bonds. The smallest absolute Gasteiger partial charge is 0.329 e. The molecule has 30 heavy (non-hydrogen) atoms. The Kier molecular flexibility index (Phi) is 6.74. The van der Waals surface area contributed by atoms with E-state index in [1.807, 2.05) is 30.3 Å². The molecule has 3 aromatic rings. The molecule has 0 unspecified atom stereocenters. The number of aromatic nitrogens is 2. The first kappa shape index (κ1) is 21.4. The number of nitrogens with zero attached hydrogens (tertiary/aromatic N) is 1. The van der Waals surface area contributed by atoms with Crippen molar-refractivity contribution >= 4 is 5.91 Å². The van der Waals surface area contributed by atoms with Crippen LogP contribution in [0, 0.1) is 5.92 Å². The van der Waals surface area contributed by atoms with E-state index < -0.39 is 17.6 Å². The van der Waals surface area contributed by atoms with Crippen LogP contribution in [0.1, 0.15) is 42.3 Å². The zero-order valence-electron chi connectivity index (χ0n) is 17.1. The number of rotatable bonds is 8. The third-order valence-corrected chi connectivity index (χ3v) is 5.20. The topological polar surface area (TPSA) is 107 Å². The molecule has 0 radical (unpaired) electrons. The number of hydrogen-bond donors (Lipinski definition) is 4. The van der Waals surface area contributed by atoms with Crippen LogP contribution in [0.15, 0.2) is 59.4 Å². The lowest BCUT2D eigenvalue weighted by molar-refractivity contribution is -0.134. The van der Waals surface area contributed by atoms with Crippen molar-refractivity contribution in [3.8, 4) is 5.88 Å². The predicted molar refractivity (Wildman–Crippen MR) is 114 cm³/mol. The number of nitrogens with one attached hydrogen (secondary N) is 2. The Balaban J connectivity index is 1.70. The third kappa shape index (κ3) is 4.80. The van der Waals surface area contributed by atoms with E-state index >= 15 is 0 Å². The van der Waals surface area contributed by atoms with Gasteiger partial charge in [0.2, 0.25) is 5.88 Å². The van der Waals surface area contributed by atoms with Gasteiger partial charge in [0.15, 0.2) is 0 Å². The summed E-state index contributed by atoms with van der Waals surface area (Å²) in [6.45, 7) is 3.46. The first-order valence-corrected chi connectivity index (χ1v) is 9.98. The van der Waals surface area contributed by atoms with Crippen LogP contribution in [-0.2, 0) is 24.1 Å². The van der Waals surface area contributed by atoms with Crippen molar-refractivity contribution in [2.75, 3.05) is 0 Å². The van der Waals surface area contributed by atoms with E-state index in [0.717, 1.165) is 16.6 Å². The maximum Gasteiger partial charge on any atom is 0.329 e. The minimum Gasteiger partial charge on any atom is -0.493 e. The lowest BCUT2D eigenvalue weighted by atomic mass is 10.0. The normalized spacial score (nSPS) is 12.1. The van der Waals surface area contributed by atoms with Crippen molar-refractivity contribution in [3.05, 3.63) is 87.5 Å². The summed E-state index contributed by atoms with van der Waals surface area (Å²) in [6, 6.07) is 17.5. The number of imidazole rings is 1. The highest BCUT2D eigenvalue weighted by atomic mass is 16.5. The molecule has 1 aromatic heterocycles. The molecule has 0 fully saturated rings. The summed E-state index contributed by atoms with van der Waals surface area (Å²) in [5.74, 6) is -1.33. The lowest BCUT2D eigenvalue weighted by Crippen LogP contribution is -2.37. The van der Waals surface area contributed by atoms with E-state index in [-0.39, 0.29) is 11.8 Å². The number of carbonyl (C=O) groups excluding carboxylic acids is 1. The van der Waals surface area contributed by atoms with Gasteiger partial charge in [0.1, 0.15) is 6.04 Å². The number of aryl methyl sites for hydroxylation is 2. The molecule has 7 heteroatoms. The molecule has 1 atom stereocenters. The molecule has 0 saturated heterocycles. The quantitative estimate of drug-likeness (QED) is 0.339. The molecule has 2 aromatic carbocycles. The number of aromatic amines is 1. The van der Waals surface area contributed by atoms with Crippen LogP contribution in [0.3, 0.4) is 0 Å². The zero-order valence-corrected chi connectivity index (χ0v) is 17.1. The van der Waals surface area contributed by atoms with Crippen LogP contribution in [0.5, 0.6) is 5.88 Å². The summed E-state index contributed by atoms with van der Waals surface area (Å²) in [6.07, 6.45) is 1.90. The van der Waals surface area contributed by atoms with Gasteiger partial charge in [-0.2, -0.15) is 0 Å². The molecule has 0 aliphatic carbocycles. The van der Waals surface area contributed by atoms with Gasteiger partial charge < -0.3 is 10.1 Å². The van der Waals surface area contributed by atoms with Gasteiger partial charge >= 0.3 is 5.69 Å². The summed E-state index contributed by atoms with van der Waals surface area (Å²) in [5, 5.41) is 19.5. The largest absolute Gasteiger partial charge is 0.493 e. The lowest BCUT2D eigenvalue weighted by Gasteiger charge is -2.19. The number of amides is 1. The second-order valence-corrected chi connectivity index (χ2v) is 7.75. The maximum absolute atomic E-state index is 12.3. The molecular weight excluding hydrogens is 382 g/mol. The summed E-state index contributed by atoms with van der Waals surface area (Å²) in [7, 11) is 0. The third-order valence-electron chi connectivity index (χ3n) is 5.20. The summed E-state index contributed by atoms with van der Waals surface area (Å²) in [4.78, 5) is 26.9. The average molecular weight is 409 g/mol. The van der Waals surface area contributed by atoms with E-state index in [0.29, 0.717) is 18.5 Å². The number of carbonyl (C=O) groups is 1. The van der Waals surface area contributed by atoms with Crippen LogP contribution in [0.2, 0.25) is 0 Å². The maximum atomic E-state index is 12.3. The first-order valence-electron chi connectivity index (χ1n) is 9.98. The van der Waals surface area contributed by atoms with E-state index in [2.05, 4.69) is 29.2 Å². The van der Waals surface area contributed by atoms with Crippen LogP contribution in [0.4, 0.5) is 0 Å². The molecule has 1 heterocycles. The standard InChI is InChI=1S/C23H27N3O4/c1-15(2)20(21(27)25-30)26-22(28)19(24-23(26)29)13-12-16-8-10-18(11-9-16)14-17-6-4-3-5-7-17/h3-11,15,20,28,30H,12-14H2,1-2H3,(H,24,29)(H,25,27)/t20-/m1/s1. The zero-order chi connectivity index (χ0) is 21.7. The van der Waals surface area contributed by atoms with Crippen LogP contribution >= 0.6 is 0 Å². The Labute approximate surface area is 175 Å². The Bertz CT molecular complexity index is 1040. The summed E-state index contributed by atoms with van der Waals surface area (Å²) >= 11 is 0. The molecule has 7 nitrogen and oxygen atoms in total. The van der Waals surface area contributed by atoms with Gasteiger partial charge in [-0.05, 0) is 41.9 Å². The SMILES string of the molecule is CC(C)[C@H](C(=O)NO)n1c(O)c(CCc2ccc(Cc3ccccc3)cc2)[nH]c1=O. The Hall–Kier alpha value is -3.32. The Morgan fingerprint density at radius 3 is 2.20 bits per heavy atom. The van der Waals surface area contributed by atoms with E-state index in [9.17, 15) is 14.7 Å². The minimum atomic E-state index is -1.01. The van der Waals surface area contributed by atoms with Gasteiger partial charge in [-0.1, -0.05) is 68.4 Å². The van der Waals surface area contributed by atoms with Crippen LogP contribution in [-0.4, -0.2) is 25.8 Å². The predicted octanol–water partition coefficient (Wildman–Crippen LogP) is 2.96. The average Bonchev–Trinajstić information content (AvgIpc) is 3.02. The molecule has 0 saturated carbocycles. The van der Waals surface area contributed by atoms with E-state index in [4.69, 9.17) is 5.21 Å². The van der Waals surface area contributed by atoms with Crippen molar-refractivity contribution < 1.29 is 15.1 Å². The van der Waals surface area contributed by atoms with Gasteiger partial charge in [0.05, 0.1) is 5.69 Å². The monoisotopic (exact) mass is 409 g/mol. The highest BCUT2D eigenvalue weighted by Gasteiger charge is 2.29. The fourth-order valence-electron chi connectivity index (χ4n) is 3.63. The highest BCUT2D eigenvalue weighted by Crippen LogP contribution is 2.25. The van der Waals surface area contributed by atoms with Crippen molar-refractivity contribution in [3.63, 3.8) is 0 Å². The van der Waals surface area contributed by atoms with Gasteiger partial charge in [0, 0.05) is 0 Å². The van der Waals surface area contributed by atoms with Crippen molar-refractivity contribution in [1.82, 2.24) is 15.0 Å². The summed E-state index contributed by atoms with van der Waals surface area (Å²) < 4.78 is 0.995. The second kappa shape index (κ2) is 9.45. The van der Waals surface area contributed by atoms with Gasteiger partial charge in [-0.3, -0.25) is 14.6 Å². The second-order valence-electron chi connectivity index (χ2n) is 7.75. The van der Waals surface area contributed by atoms with Crippen LogP contribution in [0.25, 0.3) is 0 Å². The molecule has 0 spiro atoms. The number of benzene rings is 2. The molecule has 4 N–H and O–H groups in total. The number of hydroxylamine groups is 1. The molecule has 158 valence electrons.